The van der Waals surface area contributed by atoms with Crippen LogP contribution in [0.1, 0.15) is 31.2 Å². The fraction of sp³-hybridized carbons (Fsp3) is 0.727. The first-order valence-electron chi connectivity index (χ1n) is 5.83. The average molecular weight is 241 g/mol. The third-order valence-corrected chi connectivity index (χ3v) is 4.29. The Hall–Kier alpha value is -0.810. The van der Waals surface area contributed by atoms with Crippen molar-refractivity contribution in [3.63, 3.8) is 0 Å². The van der Waals surface area contributed by atoms with E-state index in [0.29, 0.717) is 11.9 Å². The summed E-state index contributed by atoms with van der Waals surface area (Å²) < 4.78 is 4.20. The summed E-state index contributed by atoms with van der Waals surface area (Å²) in [5.74, 6) is 0.647. The van der Waals surface area contributed by atoms with Gasteiger partial charge < -0.3 is 15.7 Å². The third-order valence-electron chi connectivity index (χ3n) is 3.29. The monoisotopic (exact) mass is 241 g/mol. The van der Waals surface area contributed by atoms with Gasteiger partial charge in [-0.25, -0.2) is 0 Å². The molecule has 0 spiro atoms. The number of nitrogens with two attached hydrogens (primary N) is 1. The Kier molecular flexibility index (Phi) is 3.66. The minimum Gasteiger partial charge on any atom is -0.396 e. The van der Waals surface area contributed by atoms with Crippen molar-refractivity contribution in [1.29, 1.82) is 0 Å². The summed E-state index contributed by atoms with van der Waals surface area (Å²) in [5.41, 5.74) is 6.88. The van der Waals surface area contributed by atoms with Crippen LogP contribution in [0.15, 0.2) is 0 Å². The molecule has 0 bridgehead atoms. The molecule has 2 rings (SSSR count). The van der Waals surface area contributed by atoms with Gasteiger partial charge in [-0.05, 0) is 44.1 Å². The van der Waals surface area contributed by atoms with Gasteiger partial charge in [-0.1, -0.05) is 0 Å². The van der Waals surface area contributed by atoms with E-state index in [0.717, 1.165) is 24.9 Å². The van der Waals surface area contributed by atoms with E-state index >= 15 is 0 Å². The van der Waals surface area contributed by atoms with Crippen molar-refractivity contribution in [3.05, 3.63) is 5.56 Å². The average Bonchev–Trinajstić information content (AvgIpc) is 2.61. The van der Waals surface area contributed by atoms with Crippen LogP contribution in [0.3, 0.4) is 0 Å². The van der Waals surface area contributed by atoms with E-state index in [1.807, 2.05) is 6.92 Å². The molecule has 1 aromatic rings. The van der Waals surface area contributed by atoms with Crippen LogP contribution < -0.4 is 10.6 Å². The first kappa shape index (κ1) is 11.7. The van der Waals surface area contributed by atoms with Gasteiger partial charge in [0, 0.05) is 24.8 Å². The molecule has 0 radical (unpaired) electrons. The Labute approximate surface area is 100 Å². The first-order chi connectivity index (χ1) is 7.74. The smallest absolute Gasteiger partial charge is 0.142 e. The zero-order valence-electron chi connectivity index (χ0n) is 9.65. The molecular weight excluding hydrogens is 222 g/mol. The van der Waals surface area contributed by atoms with Crippen molar-refractivity contribution >= 4 is 22.4 Å². The lowest BCUT2D eigenvalue weighted by molar-refractivity contribution is 0.262. The molecule has 0 aromatic carbocycles. The molecule has 1 unspecified atom stereocenters. The summed E-state index contributed by atoms with van der Waals surface area (Å²) in [7, 11) is 0. The van der Waals surface area contributed by atoms with Gasteiger partial charge in [0.2, 0.25) is 0 Å². The van der Waals surface area contributed by atoms with E-state index in [1.54, 1.807) is 0 Å². The number of aromatic nitrogens is 1. The number of aliphatic hydroxyl groups excluding tert-OH is 1. The second-order valence-corrected chi connectivity index (χ2v) is 5.11. The summed E-state index contributed by atoms with van der Waals surface area (Å²) in [5, 5.41) is 10.3. The van der Waals surface area contributed by atoms with E-state index in [9.17, 15) is 0 Å². The van der Waals surface area contributed by atoms with Crippen LogP contribution in [0, 0.1) is 6.92 Å². The van der Waals surface area contributed by atoms with Crippen molar-refractivity contribution < 1.29 is 5.11 Å². The van der Waals surface area contributed by atoms with Crippen molar-refractivity contribution in [2.45, 2.75) is 38.6 Å². The minimum absolute atomic E-state index is 0.258. The Balaban J connectivity index is 2.19. The fourth-order valence-electron chi connectivity index (χ4n) is 2.32. The van der Waals surface area contributed by atoms with Crippen LogP contribution in [-0.2, 0) is 0 Å². The summed E-state index contributed by atoms with van der Waals surface area (Å²) in [6, 6.07) is 0.456. The number of nitrogen functional groups attached to an aromatic ring is 1. The summed E-state index contributed by atoms with van der Waals surface area (Å²) in [6.07, 6.45) is 4.49. The van der Waals surface area contributed by atoms with Crippen LogP contribution in [0.4, 0.5) is 10.8 Å². The zero-order valence-corrected chi connectivity index (χ0v) is 10.5. The van der Waals surface area contributed by atoms with Gasteiger partial charge in [0.25, 0.3) is 0 Å². The number of rotatable bonds is 3. The Morgan fingerprint density at radius 2 is 2.38 bits per heavy atom. The van der Waals surface area contributed by atoms with E-state index < -0.39 is 0 Å². The van der Waals surface area contributed by atoms with E-state index in [4.69, 9.17) is 10.8 Å². The van der Waals surface area contributed by atoms with E-state index in [2.05, 4.69) is 9.27 Å². The molecule has 0 aliphatic carbocycles. The molecule has 1 aliphatic heterocycles. The van der Waals surface area contributed by atoms with Gasteiger partial charge in [0.1, 0.15) is 10.8 Å². The topological polar surface area (TPSA) is 62.4 Å². The summed E-state index contributed by atoms with van der Waals surface area (Å²) >= 11 is 1.48. The van der Waals surface area contributed by atoms with Crippen LogP contribution in [0.25, 0.3) is 0 Å². The lowest BCUT2D eigenvalue weighted by Gasteiger charge is -2.36. The number of aliphatic hydroxyl groups is 1. The van der Waals surface area contributed by atoms with Gasteiger partial charge in [-0.3, -0.25) is 0 Å². The molecule has 0 amide bonds. The first-order valence-corrected chi connectivity index (χ1v) is 6.60. The van der Waals surface area contributed by atoms with Crippen molar-refractivity contribution in [3.8, 4) is 0 Å². The Bertz CT molecular complexity index is 351. The molecular formula is C11H19N3OS. The Morgan fingerprint density at radius 3 is 3.00 bits per heavy atom. The number of nitrogens with zero attached hydrogens (tertiary/aromatic N) is 2. The maximum absolute atomic E-state index is 9.09. The normalized spacial score (nSPS) is 21.4. The predicted molar refractivity (Wildman–Crippen MR) is 68.0 cm³/mol. The summed E-state index contributed by atoms with van der Waals surface area (Å²) in [6.45, 7) is 3.35. The highest BCUT2D eigenvalue weighted by Gasteiger charge is 2.25. The van der Waals surface area contributed by atoms with Gasteiger partial charge in [-0.2, -0.15) is 4.37 Å². The predicted octanol–water partition coefficient (Wildman–Crippen LogP) is 1.78. The lowest BCUT2D eigenvalue weighted by Crippen LogP contribution is -2.40. The van der Waals surface area contributed by atoms with E-state index in [1.165, 1.54) is 29.4 Å². The van der Waals surface area contributed by atoms with Crippen LogP contribution in [-0.4, -0.2) is 28.7 Å². The van der Waals surface area contributed by atoms with Gasteiger partial charge in [-0.15, -0.1) is 0 Å². The summed E-state index contributed by atoms with van der Waals surface area (Å²) in [4.78, 5) is 2.38. The van der Waals surface area contributed by atoms with Crippen molar-refractivity contribution in [1.82, 2.24) is 4.37 Å². The highest BCUT2D eigenvalue weighted by Crippen LogP contribution is 2.34. The highest BCUT2D eigenvalue weighted by atomic mass is 32.1. The number of hydrogen-bond acceptors (Lipinski definition) is 5. The van der Waals surface area contributed by atoms with Crippen LogP contribution in [0.5, 0.6) is 0 Å². The molecule has 1 aliphatic rings. The fourth-order valence-corrected chi connectivity index (χ4v) is 3.23. The second-order valence-electron chi connectivity index (χ2n) is 4.35. The molecule has 1 fully saturated rings. The highest BCUT2D eigenvalue weighted by molar-refractivity contribution is 7.10. The lowest BCUT2D eigenvalue weighted by atomic mass is 9.99. The molecule has 1 saturated heterocycles. The quantitative estimate of drug-likeness (QED) is 0.846. The standard InChI is InChI=1S/C11H19N3OS/c1-8-10(12)13-16-11(8)14-6-3-2-4-9(14)5-7-15/h9,15H,2-7H2,1H3,(H2,12,13). The number of piperidine rings is 1. The second kappa shape index (κ2) is 5.01. The molecule has 3 N–H and O–H groups in total. The largest absolute Gasteiger partial charge is 0.396 e. The molecule has 5 heteroatoms. The van der Waals surface area contributed by atoms with Crippen molar-refractivity contribution in [2.24, 2.45) is 0 Å². The number of hydrogen-bond donors (Lipinski definition) is 2. The van der Waals surface area contributed by atoms with Crippen LogP contribution in [0.2, 0.25) is 0 Å². The minimum atomic E-state index is 0.258. The molecule has 0 saturated carbocycles. The zero-order chi connectivity index (χ0) is 11.5. The van der Waals surface area contributed by atoms with Gasteiger partial charge >= 0.3 is 0 Å². The maximum atomic E-state index is 9.09. The molecule has 1 atom stereocenters. The molecule has 2 heterocycles. The van der Waals surface area contributed by atoms with Gasteiger partial charge in [0.15, 0.2) is 0 Å². The van der Waals surface area contributed by atoms with Crippen LogP contribution >= 0.6 is 11.5 Å². The van der Waals surface area contributed by atoms with E-state index in [-0.39, 0.29) is 6.61 Å². The number of anilines is 2. The molecule has 4 nitrogen and oxygen atoms in total. The molecule has 1 aromatic heterocycles. The van der Waals surface area contributed by atoms with Gasteiger partial charge in [0.05, 0.1) is 0 Å². The maximum Gasteiger partial charge on any atom is 0.142 e. The SMILES string of the molecule is Cc1c(N)nsc1N1CCCCC1CCO. The molecule has 90 valence electrons. The Morgan fingerprint density at radius 1 is 1.56 bits per heavy atom. The molecule has 16 heavy (non-hydrogen) atoms. The van der Waals surface area contributed by atoms with Crippen molar-refractivity contribution in [2.75, 3.05) is 23.8 Å². The third kappa shape index (κ3) is 2.15.